The average molecular weight is 290 g/mol. The van der Waals surface area contributed by atoms with E-state index in [0.717, 1.165) is 0 Å². The summed E-state index contributed by atoms with van der Waals surface area (Å²) in [7, 11) is 1.64. The number of hydrogen-bond donors (Lipinski definition) is 1. The number of amides is 1. The van der Waals surface area contributed by atoms with Gasteiger partial charge in [0, 0.05) is 19.3 Å². The van der Waals surface area contributed by atoms with E-state index in [0.29, 0.717) is 17.9 Å². The summed E-state index contributed by atoms with van der Waals surface area (Å²) >= 11 is 0. The number of carbonyl (C=O) groups excluding carboxylic acids is 1. The number of pyridine rings is 1. The van der Waals surface area contributed by atoms with Crippen LogP contribution in [-0.4, -0.2) is 36.0 Å². The predicted octanol–water partition coefficient (Wildman–Crippen LogP) is 1.66. The second-order valence-electron chi connectivity index (χ2n) is 4.47. The highest BCUT2D eigenvalue weighted by Gasteiger charge is 2.11. The molecule has 1 aromatic carbocycles. The van der Waals surface area contributed by atoms with Gasteiger partial charge in [-0.1, -0.05) is 0 Å². The number of rotatable bonds is 5. The fourth-order valence-corrected chi connectivity index (χ4v) is 1.70. The van der Waals surface area contributed by atoms with Crippen LogP contribution in [0.2, 0.25) is 0 Å². The number of aromatic amines is 1. The lowest BCUT2D eigenvalue weighted by Crippen LogP contribution is -2.31. The van der Waals surface area contributed by atoms with E-state index < -0.39 is 0 Å². The van der Waals surface area contributed by atoms with Gasteiger partial charge >= 0.3 is 0 Å². The zero-order valence-electron chi connectivity index (χ0n) is 11.5. The first-order chi connectivity index (χ1) is 10.1. The molecule has 0 fully saturated rings. The number of likely N-dealkylation sites (N-methyl/N-ethyl adjacent to an activating group) is 1. The number of aromatic nitrogens is 1. The molecule has 1 N–H and O–H groups in total. The van der Waals surface area contributed by atoms with Crippen molar-refractivity contribution in [2.24, 2.45) is 0 Å². The maximum Gasteiger partial charge on any atom is 0.255 e. The Morgan fingerprint density at radius 2 is 1.95 bits per heavy atom. The summed E-state index contributed by atoms with van der Waals surface area (Å²) in [5, 5.41) is 0. The summed E-state index contributed by atoms with van der Waals surface area (Å²) in [6, 6.07) is 8.45. The Morgan fingerprint density at radius 1 is 1.24 bits per heavy atom. The van der Waals surface area contributed by atoms with Gasteiger partial charge in [0.2, 0.25) is 5.56 Å². The molecular formula is C15H15FN2O3. The van der Waals surface area contributed by atoms with Crippen molar-refractivity contribution in [3.05, 3.63) is 64.3 Å². The minimum atomic E-state index is -0.326. The molecule has 5 nitrogen and oxygen atoms in total. The SMILES string of the molecule is CN(CCOc1ccc(F)cc1)C(=O)c1ccc(=O)[nH]c1. The molecule has 0 aliphatic heterocycles. The molecule has 1 aromatic heterocycles. The third-order valence-electron chi connectivity index (χ3n) is 2.89. The second kappa shape index (κ2) is 6.69. The van der Waals surface area contributed by atoms with Gasteiger partial charge in [-0.15, -0.1) is 0 Å². The van der Waals surface area contributed by atoms with Crippen molar-refractivity contribution in [1.29, 1.82) is 0 Å². The Morgan fingerprint density at radius 3 is 2.57 bits per heavy atom. The highest BCUT2D eigenvalue weighted by atomic mass is 19.1. The van der Waals surface area contributed by atoms with Crippen LogP contribution in [0.15, 0.2) is 47.4 Å². The van der Waals surface area contributed by atoms with Gasteiger partial charge < -0.3 is 14.6 Å². The Labute approximate surface area is 121 Å². The molecule has 0 aliphatic rings. The molecule has 0 saturated carbocycles. The minimum Gasteiger partial charge on any atom is -0.492 e. The van der Waals surface area contributed by atoms with E-state index in [1.165, 1.54) is 47.5 Å². The van der Waals surface area contributed by atoms with E-state index in [-0.39, 0.29) is 23.9 Å². The van der Waals surface area contributed by atoms with Crippen molar-refractivity contribution in [3.63, 3.8) is 0 Å². The van der Waals surface area contributed by atoms with Gasteiger partial charge in [0.25, 0.3) is 5.91 Å². The van der Waals surface area contributed by atoms with Gasteiger partial charge in [-0.3, -0.25) is 9.59 Å². The van der Waals surface area contributed by atoms with Crippen LogP contribution in [0.25, 0.3) is 0 Å². The highest BCUT2D eigenvalue weighted by molar-refractivity contribution is 5.93. The Kier molecular flexibility index (Phi) is 4.71. The van der Waals surface area contributed by atoms with Crippen LogP contribution >= 0.6 is 0 Å². The molecule has 1 amide bonds. The van der Waals surface area contributed by atoms with E-state index in [1.807, 2.05) is 0 Å². The van der Waals surface area contributed by atoms with Crippen LogP contribution < -0.4 is 10.3 Å². The van der Waals surface area contributed by atoms with Crippen molar-refractivity contribution >= 4 is 5.91 Å². The lowest BCUT2D eigenvalue weighted by molar-refractivity contribution is 0.0773. The smallest absolute Gasteiger partial charge is 0.255 e. The number of halogens is 1. The van der Waals surface area contributed by atoms with Crippen molar-refractivity contribution in [2.45, 2.75) is 0 Å². The van der Waals surface area contributed by atoms with Gasteiger partial charge in [-0.05, 0) is 30.3 Å². The van der Waals surface area contributed by atoms with E-state index >= 15 is 0 Å². The molecule has 21 heavy (non-hydrogen) atoms. The lowest BCUT2D eigenvalue weighted by Gasteiger charge is -2.17. The van der Waals surface area contributed by atoms with Gasteiger partial charge in [0.1, 0.15) is 18.2 Å². The molecule has 110 valence electrons. The highest BCUT2D eigenvalue weighted by Crippen LogP contribution is 2.11. The summed E-state index contributed by atoms with van der Waals surface area (Å²) in [5.41, 5.74) is 0.146. The van der Waals surface area contributed by atoms with Crippen LogP contribution in [0.4, 0.5) is 4.39 Å². The van der Waals surface area contributed by atoms with E-state index in [1.54, 1.807) is 7.05 Å². The number of nitrogens with one attached hydrogen (secondary N) is 1. The first kappa shape index (κ1) is 14.8. The third-order valence-corrected chi connectivity index (χ3v) is 2.89. The molecule has 0 unspecified atom stereocenters. The number of nitrogens with zero attached hydrogens (tertiary/aromatic N) is 1. The second-order valence-corrected chi connectivity index (χ2v) is 4.47. The molecule has 0 atom stereocenters. The van der Waals surface area contributed by atoms with Gasteiger partial charge in [-0.25, -0.2) is 4.39 Å². The van der Waals surface area contributed by atoms with Crippen LogP contribution in [0.5, 0.6) is 5.75 Å². The van der Waals surface area contributed by atoms with Crippen LogP contribution in [0.3, 0.4) is 0 Å². The van der Waals surface area contributed by atoms with Crippen molar-refractivity contribution < 1.29 is 13.9 Å². The largest absolute Gasteiger partial charge is 0.492 e. The zero-order valence-corrected chi connectivity index (χ0v) is 11.5. The lowest BCUT2D eigenvalue weighted by atomic mass is 10.2. The van der Waals surface area contributed by atoms with E-state index in [4.69, 9.17) is 4.74 Å². The Bertz CT molecular complexity index is 647. The number of ether oxygens (including phenoxy) is 1. The molecular weight excluding hydrogens is 275 g/mol. The maximum absolute atomic E-state index is 12.7. The van der Waals surface area contributed by atoms with Crippen molar-refractivity contribution in [3.8, 4) is 5.75 Å². The third kappa shape index (κ3) is 4.17. The van der Waals surface area contributed by atoms with E-state index in [9.17, 15) is 14.0 Å². The molecule has 6 heteroatoms. The topological polar surface area (TPSA) is 62.4 Å². The standard InChI is InChI=1S/C15H15FN2O3/c1-18(15(20)11-2-7-14(19)17-10-11)8-9-21-13-5-3-12(16)4-6-13/h2-7,10H,8-9H2,1H3,(H,17,19). The molecule has 1 heterocycles. The number of H-pyrrole nitrogens is 1. The fraction of sp³-hybridized carbons (Fsp3) is 0.200. The molecule has 2 aromatic rings. The van der Waals surface area contributed by atoms with Crippen molar-refractivity contribution in [1.82, 2.24) is 9.88 Å². The van der Waals surface area contributed by atoms with Gasteiger partial charge in [0.05, 0.1) is 12.1 Å². The van der Waals surface area contributed by atoms with E-state index in [2.05, 4.69) is 4.98 Å². The first-order valence-corrected chi connectivity index (χ1v) is 6.39. The van der Waals surface area contributed by atoms with Crippen LogP contribution in [-0.2, 0) is 0 Å². The molecule has 0 aliphatic carbocycles. The zero-order chi connectivity index (χ0) is 15.2. The minimum absolute atomic E-state index is 0.214. The summed E-state index contributed by atoms with van der Waals surface area (Å²) in [6.07, 6.45) is 1.38. The summed E-state index contributed by atoms with van der Waals surface area (Å²) in [6.45, 7) is 0.659. The molecule has 0 saturated heterocycles. The quantitative estimate of drug-likeness (QED) is 0.911. The summed E-state index contributed by atoms with van der Waals surface area (Å²) < 4.78 is 18.1. The van der Waals surface area contributed by atoms with Gasteiger partial charge in [-0.2, -0.15) is 0 Å². The average Bonchev–Trinajstić information content (AvgIpc) is 2.49. The normalized spacial score (nSPS) is 10.2. The fourth-order valence-electron chi connectivity index (χ4n) is 1.70. The predicted molar refractivity (Wildman–Crippen MR) is 75.9 cm³/mol. The molecule has 0 bridgehead atoms. The molecule has 2 rings (SSSR count). The number of benzene rings is 1. The number of hydrogen-bond acceptors (Lipinski definition) is 3. The molecule has 0 radical (unpaired) electrons. The van der Waals surface area contributed by atoms with Crippen molar-refractivity contribution in [2.75, 3.05) is 20.2 Å². The number of carbonyl (C=O) groups is 1. The maximum atomic E-state index is 12.7. The van der Waals surface area contributed by atoms with Crippen LogP contribution in [0, 0.1) is 5.82 Å². The summed E-state index contributed by atoms with van der Waals surface area (Å²) in [4.78, 5) is 26.9. The van der Waals surface area contributed by atoms with Crippen LogP contribution in [0.1, 0.15) is 10.4 Å². The Balaban J connectivity index is 1.85. The first-order valence-electron chi connectivity index (χ1n) is 6.39. The summed E-state index contributed by atoms with van der Waals surface area (Å²) in [5.74, 6) is 0.00274. The van der Waals surface area contributed by atoms with Gasteiger partial charge in [0.15, 0.2) is 0 Å². The monoisotopic (exact) mass is 290 g/mol. The Hall–Kier alpha value is -2.63. The molecule has 0 spiro atoms.